The van der Waals surface area contributed by atoms with Gasteiger partial charge in [0.2, 0.25) is 29.1 Å². The van der Waals surface area contributed by atoms with Gasteiger partial charge in [-0.15, -0.1) is 0 Å². The van der Waals surface area contributed by atoms with Crippen LogP contribution in [0.15, 0.2) is 6.58 Å². The fourth-order valence-corrected chi connectivity index (χ4v) is 6.23. The van der Waals surface area contributed by atoms with Crippen LogP contribution in [0.25, 0.3) is 6.08 Å². The third-order valence-corrected chi connectivity index (χ3v) is 9.51. The minimum atomic E-state index is -2.58. The zero-order chi connectivity index (χ0) is 44.1. The number of benzene rings is 3. The zero-order valence-electron chi connectivity index (χ0n) is 30.5. The lowest BCUT2D eigenvalue weighted by Gasteiger charge is -2.34. The van der Waals surface area contributed by atoms with Crippen LogP contribution in [0.1, 0.15) is 69.1 Å². The number of esters is 2. The Hall–Kier alpha value is -4.01. The maximum absolute atomic E-state index is 15.8. The number of alkyl halides is 2. The Kier molecular flexibility index (Phi) is 16.5. The van der Waals surface area contributed by atoms with E-state index in [1.165, 1.54) is 20.8 Å². The highest BCUT2D eigenvalue weighted by Crippen LogP contribution is 2.48. The van der Waals surface area contributed by atoms with Gasteiger partial charge in [0, 0.05) is 21.4 Å². The van der Waals surface area contributed by atoms with Crippen LogP contribution in [0.3, 0.4) is 0 Å². The molecule has 0 heterocycles. The van der Waals surface area contributed by atoms with Crippen LogP contribution in [-0.4, -0.2) is 47.5 Å². The molecule has 0 spiro atoms. The van der Waals surface area contributed by atoms with Crippen molar-refractivity contribution in [1.29, 1.82) is 0 Å². The van der Waals surface area contributed by atoms with Crippen molar-refractivity contribution < 1.29 is 85.6 Å². The molecule has 0 amide bonds. The topological polar surface area (TPSA) is 71.1 Å². The van der Waals surface area contributed by atoms with Crippen molar-refractivity contribution in [2.45, 2.75) is 61.5 Å². The number of ether oxygens (including phenoxy) is 4. The first-order valence-electron chi connectivity index (χ1n) is 16.7. The normalized spacial score (nSPS) is 13.8. The quantitative estimate of drug-likeness (QED) is 0.0316. The molecule has 6 nitrogen and oxygen atoms in total. The Morgan fingerprint density at radius 2 is 0.966 bits per heavy atom. The van der Waals surface area contributed by atoms with E-state index in [0.29, 0.717) is 6.08 Å². The predicted molar refractivity (Wildman–Crippen MR) is 187 cm³/mol. The second-order valence-corrected chi connectivity index (χ2v) is 16.4. The number of halogens is 15. The smallest absolute Gasteiger partial charge is 0.319 e. The van der Waals surface area contributed by atoms with Crippen molar-refractivity contribution in [3.8, 4) is 11.5 Å². The molecule has 21 heteroatoms. The van der Waals surface area contributed by atoms with Crippen molar-refractivity contribution in [1.82, 2.24) is 0 Å². The van der Waals surface area contributed by atoms with E-state index < -0.39 is 182 Å². The first-order valence-corrected chi connectivity index (χ1v) is 18.4. The summed E-state index contributed by atoms with van der Waals surface area (Å²) in [6, 6.07) is 0. The molecule has 0 N–H and O–H groups in total. The van der Waals surface area contributed by atoms with Gasteiger partial charge in [0.1, 0.15) is 31.3 Å². The molecule has 0 radical (unpaired) electrons. The standard InChI is InChI=1S/C37H31Br2F13O6/c1-6-16-20(40)29(49)33(30(50)21(16)41)55-7-9-57-35(53)13(2)11-15(18-22(42)26(46)28(48)27(47)23(18)43)12-17(37(4,5)39)19-24(44)31(51)34(32(52)25(19)45)56-8-10-58-36(54)14(3)38/h6,13-15,17H,1,7-12H2,2-5H3. The third-order valence-electron chi connectivity index (χ3n) is 8.58. The number of rotatable bonds is 18. The summed E-state index contributed by atoms with van der Waals surface area (Å²) < 4.78 is 210. The molecule has 3 aromatic rings. The number of carbonyl (C=O) groups is 2. The van der Waals surface area contributed by atoms with Crippen LogP contribution >= 0.6 is 31.9 Å². The lowest BCUT2D eigenvalue weighted by molar-refractivity contribution is -0.149. The number of hydrogen-bond acceptors (Lipinski definition) is 6. The van der Waals surface area contributed by atoms with Gasteiger partial charge in [-0.05, 0) is 39.5 Å². The van der Waals surface area contributed by atoms with Crippen molar-refractivity contribution in [2.24, 2.45) is 5.92 Å². The van der Waals surface area contributed by atoms with E-state index in [9.17, 15) is 40.3 Å². The maximum atomic E-state index is 15.8. The average molecular weight is 978 g/mol. The van der Waals surface area contributed by atoms with Crippen molar-refractivity contribution >= 4 is 49.9 Å². The Balaban J connectivity index is 1.99. The van der Waals surface area contributed by atoms with Crippen LogP contribution in [0.5, 0.6) is 11.5 Å². The first-order chi connectivity index (χ1) is 26.9. The summed E-state index contributed by atoms with van der Waals surface area (Å²) in [6.07, 6.45) is -1.53. The average Bonchev–Trinajstić information content (AvgIpc) is 3.16. The van der Waals surface area contributed by atoms with Crippen molar-refractivity contribution in [2.75, 3.05) is 26.4 Å². The van der Waals surface area contributed by atoms with E-state index in [4.69, 9.17) is 14.2 Å². The van der Waals surface area contributed by atoms with Gasteiger partial charge in [0.25, 0.3) is 0 Å². The highest BCUT2D eigenvalue weighted by atomic mass is 79.9. The lowest BCUT2D eigenvalue weighted by Crippen LogP contribution is -2.29. The van der Waals surface area contributed by atoms with Gasteiger partial charge in [0.05, 0.1) is 11.5 Å². The molecule has 0 bridgehead atoms. The SMILES string of the molecule is C=Cc1c(F)c(F)c(OCCOC(=O)C(C)CC(CC(c2c(F)c(F)c(OCCOC(=O)C(C)Br)c(F)c2F)C(C)(C)Br)c2c(F)c(F)c(F)c(F)c2F)c(F)c1F. The molecule has 3 rings (SSSR count). The summed E-state index contributed by atoms with van der Waals surface area (Å²) in [5, 5.41) is 0. The van der Waals surface area contributed by atoms with Crippen LogP contribution in [0.4, 0.5) is 57.1 Å². The Bertz CT molecular complexity index is 1970. The molecule has 320 valence electrons. The van der Waals surface area contributed by atoms with Crippen LogP contribution in [0.2, 0.25) is 0 Å². The van der Waals surface area contributed by atoms with Crippen LogP contribution in [0, 0.1) is 81.5 Å². The summed E-state index contributed by atoms with van der Waals surface area (Å²) >= 11 is 6.00. The van der Waals surface area contributed by atoms with Gasteiger partial charge < -0.3 is 18.9 Å². The molecular weight excluding hydrogens is 947 g/mol. The Labute approximate surface area is 338 Å². The minimum Gasteiger partial charge on any atom is -0.484 e. The zero-order valence-corrected chi connectivity index (χ0v) is 33.6. The highest BCUT2D eigenvalue weighted by Gasteiger charge is 2.42. The van der Waals surface area contributed by atoms with Crippen molar-refractivity contribution in [3.05, 3.63) is 98.9 Å². The third kappa shape index (κ3) is 10.4. The summed E-state index contributed by atoms with van der Waals surface area (Å²) in [7, 11) is 0. The van der Waals surface area contributed by atoms with Gasteiger partial charge in [-0.1, -0.05) is 51.4 Å². The molecule has 0 fully saturated rings. The first kappa shape index (κ1) is 48.4. The summed E-state index contributed by atoms with van der Waals surface area (Å²) in [4.78, 5) is 23.7. The van der Waals surface area contributed by atoms with E-state index in [2.05, 4.69) is 43.2 Å². The fraction of sp³-hybridized carbons (Fsp3) is 0.405. The van der Waals surface area contributed by atoms with Gasteiger partial charge in [-0.25, -0.2) is 39.5 Å². The molecule has 4 unspecified atom stereocenters. The minimum absolute atomic E-state index is 0.497. The lowest BCUT2D eigenvalue weighted by atomic mass is 9.75. The van der Waals surface area contributed by atoms with Gasteiger partial charge >= 0.3 is 11.9 Å². The summed E-state index contributed by atoms with van der Waals surface area (Å²) in [5.74, 6) is -39.2. The second kappa shape index (κ2) is 19.8. The monoisotopic (exact) mass is 976 g/mol. The molecule has 0 saturated heterocycles. The van der Waals surface area contributed by atoms with Gasteiger partial charge in [-0.2, -0.15) is 17.6 Å². The molecule has 0 aromatic heterocycles. The van der Waals surface area contributed by atoms with Crippen LogP contribution < -0.4 is 9.47 Å². The molecule has 58 heavy (non-hydrogen) atoms. The molecule has 3 aromatic carbocycles. The summed E-state index contributed by atoms with van der Waals surface area (Å²) in [6.45, 7) is 4.53. The molecule has 4 atom stereocenters. The number of hydrogen-bond donors (Lipinski definition) is 0. The van der Waals surface area contributed by atoms with E-state index >= 15 is 26.3 Å². The van der Waals surface area contributed by atoms with E-state index in [1.807, 2.05) is 0 Å². The van der Waals surface area contributed by atoms with E-state index in [1.54, 1.807) is 0 Å². The van der Waals surface area contributed by atoms with E-state index in [-0.39, 0.29) is 0 Å². The molecule has 0 aliphatic carbocycles. The number of carbonyl (C=O) groups excluding carboxylic acids is 2. The van der Waals surface area contributed by atoms with Crippen molar-refractivity contribution in [3.63, 3.8) is 0 Å². The predicted octanol–water partition coefficient (Wildman–Crippen LogP) is 10.9. The largest absolute Gasteiger partial charge is 0.484 e. The van der Waals surface area contributed by atoms with Gasteiger partial charge in [-0.3, -0.25) is 9.59 Å². The molecular formula is C37H31Br2F13O6. The Morgan fingerprint density at radius 3 is 1.36 bits per heavy atom. The summed E-state index contributed by atoms with van der Waals surface area (Å²) in [5.41, 5.74) is -4.12. The maximum Gasteiger partial charge on any atom is 0.319 e. The second-order valence-electron chi connectivity index (χ2n) is 13.0. The molecule has 0 aliphatic rings. The highest BCUT2D eigenvalue weighted by molar-refractivity contribution is 9.10. The fourth-order valence-electron chi connectivity index (χ4n) is 5.69. The van der Waals surface area contributed by atoms with Crippen LogP contribution in [-0.2, 0) is 19.1 Å². The van der Waals surface area contributed by atoms with Gasteiger partial charge in [0.15, 0.2) is 58.0 Å². The Morgan fingerprint density at radius 1 is 0.586 bits per heavy atom. The molecule has 0 aliphatic heterocycles. The van der Waals surface area contributed by atoms with E-state index in [0.717, 1.165) is 6.92 Å². The molecule has 0 saturated carbocycles.